The lowest BCUT2D eigenvalue weighted by Crippen LogP contribution is -2.51. The van der Waals surface area contributed by atoms with Gasteiger partial charge >= 0.3 is 0 Å². The van der Waals surface area contributed by atoms with Crippen LogP contribution in [0.4, 0.5) is 0 Å². The van der Waals surface area contributed by atoms with E-state index in [2.05, 4.69) is 22.8 Å². The fraction of sp³-hybridized carbons (Fsp3) is 0.750. The van der Waals surface area contributed by atoms with Crippen molar-refractivity contribution in [1.82, 2.24) is 10.4 Å². The van der Waals surface area contributed by atoms with Crippen LogP contribution in [0.25, 0.3) is 0 Å². The Morgan fingerprint density at radius 2 is 1.81 bits per heavy atom. The number of nitrogens with one attached hydrogen (secondary N) is 1. The second-order valence-corrected chi connectivity index (χ2v) is 8.27. The van der Waals surface area contributed by atoms with Crippen LogP contribution in [0.5, 0.6) is 0 Å². The third kappa shape index (κ3) is 1.80. The second kappa shape index (κ2) is 4.35. The Kier molecular flexibility index (Phi) is 2.63. The normalized spacial score (nSPS) is 43.6. The first kappa shape index (κ1) is 12.7. The number of amidine groups is 2. The van der Waals surface area contributed by atoms with E-state index in [0.29, 0.717) is 5.41 Å². The highest BCUT2D eigenvalue weighted by Gasteiger charge is 2.54. The molecule has 0 aromatic heterocycles. The third-order valence-corrected chi connectivity index (χ3v) is 6.71. The predicted octanol–water partition coefficient (Wildman–Crippen LogP) is 3.00. The number of nitrogens with zero attached hydrogens (tertiary/aromatic N) is 3. The highest BCUT2D eigenvalue weighted by Crippen LogP contribution is 2.61. The molecule has 6 rings (SSSR count). The first-order valence-corrected chi connectivity index (χ1v) is 9.44. The Labute approximate surface area is 130 Å². The van der Waals surface area contributed by atoms with Gasteiger partial charge in [-0.15, -0.1) is 0 Å². The molecular weight excluding hydrogens is 280 g/mol. The van der Waals surface area contributed by atoms with E-state index < -0.39 is 0 Å². The topological polar surface area (TPSA) is 40.0 Å². The number of hydrogen-bond acceptors (Lipinski definition) is 5. The number of fused-ring (bicyclic) bond motifs is 1. The molecule has 1 N–H and O–H groups in total. The van der Waals surface area contributed by atoms with E-state index in [0.717, 1.165) is 41.1 Å². The van der Waals surface area contributed by atoms with Crippen molar-refractivity contribution in [3.05, 3.63) is 11.9 Å². The van der Waals surface area contributed by atoms with Crippen LogP contribution in [-0.2, 0) is 0 Å². The van der Waals surface area contributed by atoms with Crippen LogP contribution in [0.15, 0.2) is 21.9 Å². The third-order valence-electron chi connectivity index (χ3n) is 6.07. The van der Waals surface area contributed by atoms with Gasteiger partial charge in [0.1, 0.15) is 11.7 Å². The lowest BCUT2D eigenvalue weighted by molar-refractivity contribution is -0.0131. The van der Waals surface area contributed by atoms with E-state index in [-0.39, 0.29) is 0 Å². The van der Waals surface area contributed by atoms with Crippen molar-refractivity contribution >= 4 is 22.8 Å². The molecule has 4 saturated carbocycles. The molecule has 4 aliphatic carbocycles. The largest absolute Gasteiger partial charge is 0.236 e. The zero-order valence-corrected chi connectivity index (χ0v) is 13.3. The minimum atomic E-state index is 0.297. The molecule has 4 bridgehead atoms. The van der Waals surface area contributed by atoms with Crippen LogP contribution >= 0.6 is 11.8 Å². The average Bonchev–Trinajstić information content (AvgIpc) is 2.93. The van der Waals surface area contributed by atoms with E-state index in [1.165, 1.54) is 38.5 Å². The molecule has 2 aliphatic heterocycles. The summed E-state index contributed by atoms with van der Waals surface area (Å²) in [5.41, 5.74) is 3.63. The molecule has 0 aromatic carbocycles. The van der Waals surface area contributed by atoms with Gasteiger partial charge in [-0.2, -0.15) is 0 Å². The zero-order valence-electron chi connectivity index (χ0n) is 12.5. The van der Waals surface area contributed by atoms with Crippen molar-refractivity contribution in [3.8, 4) is 0 Å². The van der Waals surface area contributed by atoms with Gasteiger partial charge in [0.15, 0.2) is 5.17 Å². The first-order chi connectivity index (χ1) is 10.3. The van der Waals surface area contributed by atoms with Gasteiger partial charge in [-0.3, -0.25) is 0 Å². The number of thioether (sulfide) groups is 1. The standard InChI is InChI=1S/C16H22N4S/c1-21-15-19-14(18-13-2-3-17-20(13)15)16-7-10-4-11(8-16)6-12(5-10)9-16/h2,10-12,17H,3-9H2,1H3. The summed E-state index contributed by atoms with van der Waals surface area (Å²) in [5.74, 6) is 5.05. The van der Waals surface area contributed by atoms with Crippen LogP contribution in [0, 0.1) is 23.2 Å². The van der Waals surface area contributed by atoms with Gasteiger partial charge in [0, 0.05) is 12.0 Å². The Hall–Kier alpha value is -0.810. The second-order valence-electron chi connectivity index (χ2n) is 7.49. The molecule has 112 valence electrons. The van der Waals surface area contributed by atoms with Gasteiger partial charge in [0.2, 0.25) is 0 Å². The van der Waals surface area contributed by atoms with Crippen LogP contribution in [0.2, 0.25) is 0 Å². The highest BCUT2D eigenvalue weighted by atomic mass is 32.2. The quantitative estimate of drug-likeness (QED) is 0.809. The maximum atomic E-state index is 4.99. The summed E-state index contributed by atoms with van der Waals surface area (Å²) >= 11 is 1.72. The Morgan fingerprint density at radius 1 is 1.14 bits per heavy atom. The van der Waals surface area contributed by atoms with Crippen LogP contribution in [0.3, 0.4) is 0 Å². The molecular formula is C16H22N4S. The smallest absolute Gasteiger partial charge is 0.185 e. The van der Waals surface area contributed by atoms with Crippen LogP contribution in [-0.4, -0.2) is 28.8 Å². The summed E-state index contributed by atoms with van der Waals surface area (Å²) in [6.07, 6.45) is 12.7. The summed E-state index contributed by atoms with van der Waals surface area (Å²) in [4.78, 5) is 9.96. The summed E-state index contributed by atoms with van der Waals surface area (Å²) in [5, 5.41) is 3.12. The molecule has 0 saturated heterocycles. The van der Waals surface area contributed by atoms with Crippen molar-refractivity contribution in [2.75, 3.05) is 12.8 Å². The SMILES string of the molecule is CSC1=NC(C23CC4CC(CC(C4)C2)C3)=NC2=CCNN21. The molecule has 2 heterocycles. The molecule has 0 aromatic rings. The van der Waals surface area contributed by atoms with Crippen LogP contribution < -0.4 is 5.43 Å². The van der Waals surface area contributed by atoms with Crippen molar-refractivity contribution < 1.29 is 0 Å². The van der Waals surface area contributed by atoms with Crippen molar-refractivity contribution in [1.29, 1.82) is 0 Å². The highest BCUT2D eigenvalue weighted by molar-refractivity contribution is 8.13. The van der Waals surface area contributed by atoms with E-state index in [1.807, 2.05) is 0 Å². The fourth-order valence-corrected chi connectivity index (χ4v) is 6.21. The minimum Gasteiger partial charge on any atom is -0.236 e. The monoisotopic (exact) mass is 302 g/mol. The van der Waals surface area contributed by atoms with Crippen molar-refractivity contribution in [3.63, 3.8) is 0 Å². The molecule has 0 spiro atoms. The molecule has 5 heteroatoms. The molecule has 0 atom stereocenters. The Balaban J connectivity index is 1.56. The molecule has 0 radical (unpaired) electrons. The van der Waals surface area contributed by atoms with Gasteiger partial charge in [0.05, 0.1) is 0 Å². The van der Waals surface area contributed by atoms with E-state index >= 15 is 0 Å². The average molecular weight is 302 g/mol. The zero-order chi connectivity index (χ0) is 14.0. The maximum Gasteiger partial charge on any atom is 0.185 e. The lowest BCUT2D eigenvalue weighted by atomic mass is 9.49. The molecule has 4 nitrogen and oxygen atoms in total. The van der Waals surface area contributed by atoms with Gasteiger partial charge < -0.3 is 0 Å². The molecule has 21 heavy (non-hydrogen) atoms. The number of hydrazine groups is 1. The number of rotatable bonds is 1. The molecule has 0 amide bonds. The summed E-state index contributed by atoms with van der Waals surface area (Å²) in [6, 6.07) is 0. The Morgan fingerprint density at radius 3 is 2.43 bits per heavy atom. The molecule has 0 unspecified atom stereocenters. The number of aliphatic imine (C=N–C) groups is 2. The maximum absolute atomic E-state index is 4.99. The lowest BCUT2D eigenvalue weighted by Gasteiger charge is -2.56. The summed E-state index contributed by atoms with van der Waals surface area (Å²) in [6.45, 7) is 0.868. The van der Waals surface area contributed by atoms with Crippen molar-refractivity contribution in [2.24, 2.45) is 33.2 Å². The summed E-state index contributed by atoms with van der Waals surface area (Å²) < 4.78 is 0. The predicted molar refractivity (Wildman–Crippen MR) is 86.9 cm³/mol. The van der Waals surface area contributed by atoms with Gasteiger partial charge in [-0.25, -0.2) is 20.4 Å². The first-order valence-electron chi connectivity index (χ1n) is 8.21. The van der Waals surface area contributed by atoms with Gasteiger partial charge in [-0.1, -0.05) is 11.8 Å². The Bertz CT molecular complexity index is 542. The minimum absolute atomic E-state index is 0.297. The van der Waals surface area contributed by atoms with E-state index in [4.69, 9.17) is 9.98 Å². The fourth-order valence-electron chi connectivity index (χ4n) is 5.69. The summed E-state index contributed by atoms with van der Waals surface area (Å²) in [7, 11) is 0. The molecule has 4 fully saturated rings. The van der Waals surface area contributed by atoms with Crippen molar-refractivity contribution in [2.45, 2.75) is 38.5 Å². The number of hydrogen-bond donors (Lipinski definition) is 1. The van der Waals surface area contributed by atoms with Crippen LogP contribution in [0.1, 0.15) is 38.5 Å². The van der Waals surface area contributed by atoms with Gasteiger partial charge in [-0.05, 0) is 68.6 Å². The molecule has 6 aliphatic rings. The van der Waals surface area contributed by atoms with Gasteiger partial charge in [0.25, 0.3) is 0 Å². The van der Waals surface area contributed by atoms with E-state index in [1.54, 1.807) is 11.8 Å². The van der Waals surface area contributed by atoms with E-state index in [9.17, 15) is 0 Å².